The third kappa shape index (κ3) is 4.55. The molecule has 0 saturated carbocycles. The molecule has 1 heterocycles. The number of benzene rings is 1. The molecular weight excluding hydrogens is 292 g/mol. The molecule has 1 fully saturated rings. The average molecular weight is 318 g/mol. The number of amides is 1. The first kappa shape index (κ1) is 17.5. The Labute approximate surface area is 137 Å². The minimum absolute atomic E-state index is 0.0502. The Bertz CT molecular complexity index is 556. The number of rotatable bonds is 7. The largest absolute Gasteiger partial charge is 0.497 e. The van der Waals surface area contributed by atoms with Crippen molar-refractivity contribution in [1.82, 2.24) is 4.90 Å². The molecule has 5 nitrogen and oxygen atoms in total. The highest BCUT2D eigenvalue weighted by Crippen LogP contribution is 2.29. The van der Waals surface area contributed by atoms with Gasteiger partial charge in [0.05, 0.1) is 7.11 Å². The van der Waals surface area contributed by atoms with Gasteiger partial charge in [-0.1, -0.05) is 6.92 Å². The summed E-state index contributed by atoms with van der Waals surface area (Å²) in [6.07, 6.45) is 2.35. The molecule has 1 saturated heterocycles. The third-order valence-electron chi connectivity index (χ3n) is 4.61. The van der Waals surface area contributed by atoms with Crippen LogP contribution in [0.1, 0.15) is 43.0 Å². The van der Waals surface area contributed by atoms with Gasteiger partial charge in [0.25, 0.3) is 0 Å². The summed E-state index contributed by atoms with van der Waals surface area (Å²) in [5.74, 6) is 0.923. The van der Waals surface area contributed by atoms with E-state index in [0.29, 0.717) is 31.4 Å². The predicted octanol–water partition coefficient (Wildman–Crippen LogP) is 2.25. The zero-order valence-corrected chi connectivity index (χ0v) is 14.0. The number of likely N-dealkylation sites (tertiary alicyclic amines) is 1. The van der Waals surface area contributed by atoms with Gasteiger partial charge in [-0.25, -0.2) is 0 Å². The Morgan fingerprint density at radius 1 is 1.26 bits per heavy atom. The van der Waals surface area contributed by atoms with Gasteiger partial charge in [0.1, 0.15) is 5.75 Å². The van der Waals surface area contributed by atoms with Crippen molar-refractivity contribution in [3.63, 3.8) is 0 Å². The van der Waals surface area contributed by atoms with Crippen LogP contribution in [-0.4, -0.2) is 43.3 Å². The lowest BCUT2D eigenvalue weighted by atomic mass is 9.90. The highest BCUT2D eigenvalue weighted by atomic mass is 16.5. The smallest absolute Gasteiger partial charge is 0.222 e. The zero-order chi connectivity index (χ0) is 16.9. The van der Waals surface area contributed by atoms with Crippen LogP contribution >= 0.6 is 0 Å². The Morgan fingerprint density at radius 2 is 1.96 bits per heavy atom. The van der Waals surface area contributed by atoms with E-state index in [1.54, 1.807) is 31.4 Å². The first-order valence-corrected chi connectivity index (χ1v) is 8.12. The Kier molecular flexibility index (Phi) is 5.77. The van der Waals surface area contributed by atoms with E-state index in [1.165, 1.54) is 0 Å². The summed E-state index contributed by atoms with van der Waals surface area (Å²) in [4.78, 5) is 26.2. The van der Waals surface area contributed by atoms with E-state index in [4.69, 9.17) is 10.5 Å². The van der Waals surface area contributed by atoms with Crippen molar-refractivity contribution < 1.29 is 14.3 Å². The van der Waals surface area contributed by atoms with Crippen LogP contribution < -0.4 is 10.5 Å². The molecule has 1 amide bonds. The molecule has 126 valence electrons. The molecule has 0 aliphatic carbocycles. The van der Waals surface area contributed by atoms with Crippen LogP contribution in [0.15, 0.2) is 24.3 Å². The number of nitrogens with two attached hydrogens (primary N) is 1. The fourth-order valence-corrected chi connectivity index (χ4v) is 2.88. The Hall–Kier alpha value is -1.88. The summed E-state index contributed by atoms with van der Waals surface area (Å²) in [5.41, 5.74) is 6.48. The summed E-state index contributed by atoms with van der Waals surface area (Å²) in [7, 11) is 1.59. The monoisotopic (exact) mass is 318 g/mol. The van der Waals surface area contributed by atoms with Crippen LogP contribution in [0.25, 0.3) is 0 Å². The molecule has 2 rings (SSSR count). The number of carbonyl (C=O) groups is 2. The number of ether oxygens (including phenoxy) is 1. The summed E-state index contributed by atoms with van der Waals surface area (Å²) < 4.78 is 5.07. The Morgan fingerprint density at radius 3 is 2.52 bits per heavy atom. The predicted molar refractivity (Wildman–Crippen MR) is 89.5 cm³/mol. The maximum atomic E-state index is 12.2. The molecule has 0 spiro atoms. The topological polar surface area (TPSA) is 72.6 Å². The fourth-order valence-electron chi connectivity index (χ4n) is 2.88. The van der Waals surface area contributed by atoms with Crippen molar-refractivity contribution in [3.05, 3.63) is 29.8 Å². The molecule has 0 bridgehead atoms. The molecule has 1 aromatic carbocycles. The molecule has 5 heteroatoms. The maximum Gasteiger partial charge on any atom is 0.222 e. The van der Waals surface area contributed by atoms with Crippen LogP contribution in [0.4, 0.5) is 0 Å². The van der Waals surface area contributed by atoms with Crippen LogP contribution in [0.5, 0.6) is 5.75 Å². The van der Waals surface area contributed by atoms with Gasteiger partial charge < -0.3 is 15.4 Å². The number of hydrogen-bond donors (Lipinski definition) is 1. The first-order chi connectivity index (χ1) is 11.0. The first-order valence-electron chi connectivity index (χ1n) is 8.12. The standard InChI is InChI=1S/C18H26N2O3/c1-18(12-19)10-11-20(13-18)17(22)5-3-4-16(21)14-6-8-15(23-2)9-7-14/h6-9H,3-5,10-13,19H2,1-2H3. The van der Waals surface area contributed by atoms with E-state index in [9.17, 15) is 9.59 Å². The normalized spacial score (nSPS) is 20.6. The number of carbonyl (C=O) groups excluding carboxylic acids is 2. The maximum absolute atomic E-state index is 12.2. The molecule has 2 N–H and O–H groups in total. The van der Waals surface area contributed by atoms with Gasteiger partial charge in [0.2, 0.25) is 5.91 Å². The van der Waals surface area contributed by atoms with Crippen molar-refractivity contribution in [2.75, 3.05) is 26.7 Å². The molecule has 0 aromatic heterocycles. The molecule has 23 heavy (non-hydrogen) atoms. The minimum Gasteiger partial charge on any atom is -0.497 e. The minimum atomic E-state index is 0.0502. The van der Waals surface area contributed by atoms with Crippen molar-refractivity contribution >= 4 is 11.7 Å². The molecule has 1 aromatic rings. The summed E-state index contributed by atoms with van der Waals surface area (Å²) in [5, 5.41) is 0. The van der Waals surface area contributed by atoms with Gasteiger partial charge in [-0.05, 0) is 49.1 Å². The third-order valence-corrected chi connectivity index (χ3v) is 4.61. The molecule has 0 radical (unpaired) electrons. The van der Waals surface area contributed by atoms with E-state index >= 15 is 0 Å². The second kappa shape index (κ2) is 7.59. The van der Waals surface area contributed by atoms with Gasteiger partial charge in [-0.3, -0.25) is 9.59 Å². The second-order valence-corrected chi connectivity index (χ2v) is 6.59. The molecule has 1 atom stereocenters. The second-order valence-electron chi connectivity index (χ2n) is 6.59. The number of nitrogens with zero attached hydrogens (tertiary/aromatic N) is 1. The van der Waals surface area contributed by atoms with Crippen LogP contribution in [0.2, 0.25) is 0 Å². The van der Waals surface area contributed by atoms with E-state index < -0.39 is 0 Å². The summed E-state index contributed by atoms with van der Waals surface area (Å²) in [6.45, 7) is 4.23. The lowest BCUT2D eigenvalue weighted by Gasteiger charge is -2.22. The quantitative estimate of drug-likeness (QED) is 0.783. The van der Waals surface area contributed by atoms with Crippen LogP contribution in [0.3, 0.4) is 0 Å². The van der Waals surface area contributed by atoms with E-state index in [2.05, 4.69) is 6.92 Å². The lowest BCUT2D eigenvalue weighted by molar-refractivity contribution is -0.130. The van der Waals surface area contributed by atoms with E-state index in [1.807, 2.05) is 4.90 Å². The highest BCUT2D eigenvalue weighted by Gasteiger charge is 2.34. The lowest BCUT2D eigenvalue weighted by Crippen LogP contribution is -2.34. The number of ketones is 1. The molecular formula is C18H26N2O3. The van der Waals surface area contributed by atoms with Gasteiger partial charge in [0, 0.05) is 31.5 Å². The average Bonchev–Trinajstić information content (AvgIpc) is 2.98. The van der Waals surface area contributed by atoms with Crippen LogP contribution in [-0.2, 0) is 4.79 Å². The summed E-state index contributed by atoms with van der Waals surface area (Å²) in [6, 6.07) is 7.07. The number of Topliss-reactive ketones (excluding diaryl/α,β-unsaturated/α-hetero) is 1. The molecule has 1 aliphatic heterocycles. The van der Waals surface area contributed by atoms with Crippen molar-refractivity contribution in [2.24, 2.45) is 11.1 Å². The fraction of sp³-hybridized carbons (Fsp3) is 0.556. The van der Waals surface area contributed by atoms with Crippen molar-refractivity contribution in [3.8, 4) is 5.75 Å². The van der Waals surface area contributed by atoms with Crippen molar-refractivity contribution in [2.45, 2.75) is 32.6 Å². The van der Waals surface area contributed by atoms with E-state index in [0.717, 1.165) is 25.3 Å². The Balaban J connectivity index is 1.76. The highest BCUT2D eigenvalue weighted by molar-refractivity contribution is 5.96. The van der Waals surface area contributed by atoms with Gasteiger partial charge in [-0.2, -0.15) is 0 Å². The summed E-state index contributed by atoms with van der Waals surface area (Å²) >= 11 is 0. The SMILES string of the molecule is COc1ccc(C(=O)CCCC(=O)N2CCC(C)(CN)C2)cc1. The van der Waals surface area contributed by atoms with E-state index in [-0.39, 0.29) is 17.1 Å². The molecule has 1 unspecified atom stereocenters. The zero-order valence-electron chi connectivity index (χ0n) is 14.0. The van der Waals surface area contributed by atoms with Gasteiger partial charge in [-0.15, -0.1) is 0 Å². The molecule has 1 aliphatic rings. The van der Waals surface area contributed by atoms with Gasteiger partial charge >= 0.3 is 0 Å². The number of hydrogen-bond acceptors (Lipinski definition) is 4. The van der Waals surface area contributed by atoms with Crippen LogP contribution in [0, 0.1) is 5.41 Å². The number of methoxy groups -OCH3 is 1. The van der Waals surface area contributed by atoms with Gasteiger partial charge in [0.15, 0.2) is 5.78 Å². The van der Waals surface area contributed by atoms with Crippen molar-refractivity contribution in [1.29, 1.82) is 0 Å².